The van der Waals surface area contributed by atoms with Gasteiger partial charge in [0.15, 0.2) is 0 Å². The maximum absolute atomic E-state index is 12.2. The molecule has 1 unspecified atom stereocenters. The molecule has 0 bridgehead atoms. The number of nitrogens with one attached hydrogen (secondary N) is 2. The van der Waals surface area contributed by atoms with Gasteiger partial charge < -0.3 is 15.5 Å². The van der Waals surface area contributed by atoms with Gasteiger partial charge in [-0.05, 0) is 33.1 Å². The van der Waals surface area contributed by atoms with Gasteiger partial charge in [0.2, 0.25) is 5.91 Å². The molecule has 3 amide bonds. The largest absolute Gasteiger partial charge is 0.350 e. The standard InChI is InChI=1S/C16H25N5O2/c1-4-10(2)21-11(3)14(7-17-21)19-16(23)20-8-13(9-20)18-15(22)12-5-6-12/h7,10,12-13H,4-6,8-9H2,1-3H3,(H,18,22)(H,19,23). The fraction of sp³-hybridized carbons (Fsp3) is 0.688. The van der Waals surface area contributed by atoms with Gasteiger partial charge in [0, 0.05) is 25.0 Å². The van der Waals surface area contributed by atoms with Gasteiger partial charge in [0.25, 0.3) is 0 Å². The Bertz CT molecular complexity index is 602. The van der Waals surface area contributed by atoms with Crippen LogP contribution in [0.25, 0.3) is 0 Å². The monoisotopic (exact) mass is 319 g/mol. The van der Waals surface area contributed by atoms with Crippen molar-refractivity contribution in [1.29, 1.82) is 0 Å². The Labute approximate surface area is 136 Å². The molecule has 2 fully saturated rings. The molecule has 1 aromatic heterocycles. The van der Waals surface area contributed by atoms with E-state index in [1.807, 2.05) is 11.6 Å². The van der Waals surface area contributed by atoms with Crippen LogP contribution in [-0.2, 0) is 4.79 Å². The lowest BCUT2D eigenvalue weighted by atomic mass is 10.1. The zero-order chi connectivity index (χ0) is 16.6. The summed E-state index contributed by atoms with van der Waals surface area (Å²) < 4.78 is 1.93. The van der Waals surface area contributed by atoms with E-state index in [4.69, 9.17) is 0 Å². The van der Waals surface area contributed by atoms with Crippen molar-refractivity contribution in [3.8, 4) is 0 Å². The summed E-state index contributed by atoms with van der Waals surface area (Å²) in [5.41, 5.74) is 1.72. The van der Waals surface area contributed by atoms with Crippen molar-refractivity contribution in [3.63, 3.8) is 0 Å². The molecule has 0 radical (unpaired) electrons. The van der Waals surface area contributed by atoms with Crippen LogP contribution in [0.3, 0.4) is 0 Å². The van der Waals surface area contributed by atoms with Gasteiger partial charge >= 0.3 is 6.03 Å². The van der Waals surface area contributed by atoms with E-state index >= 15 is 0 Å². The van der Waals surface area contributed by atoms with E-state index in [1.54, 1.807) is 11.1 Å². The first-order chi connectivity index (χ1) is 11.0. The second-order valence-corrected chi connectivity index (χ2v) is 6.66. The van der Waals surface area contributed by atoms with Crippen molar-refractivity contribution in [2.45, 2.75) is 52.1 Å². The third kappa shape index (κ3) is 3.33. The predicted molar refractivity (Wildman–Crippen MR) is 87.2 cm³/mol. The topological polar surface area (TPSA) is 79.3 Å². The molecule has 2 aliphatic rings. The first-order valence-electron chi connectivity index (χ1n) is 8.40. The minimum Gasteiger partial charge on any atom is -0.350 e. The summed E-state index contributed by atoms with van der Waals surface area (Å²) in [4.78, 5) is 25.6. The third-order valence-electron chi connectivity index (χ3n) is 4.76. The fourth-order valence-corrected chi connectivity index (χ4v) is 2.76. The van der Waals surface area contributed by atoms with Crippen molar-refractivity contribution >= 4 is 17.6 Å². The number of nitrogens with zero attached hydrogens (tertiary/aromatic N) is 3. The van der Waals surface area contributed by atoms with Gasteiger partial charge in [-0.25, -0.2) is 4.79 Å². The minimum absolute atomic E-state index is 0.0952. The van der Waals surface area contributed by atoms with Crippen molar-refractivity contribution in [2.24, 2.45) is 5.92 Å². The van der Waals surface area contributed by atoms with Crippen LogP contribution in [0.2, 0.25) is 0 Å². The summed E-state index contributed by atoms with van der Waals surface area (Å²) in [5, 5.41) is 10.2. The Balaban J connectivity index is 1.49. The molecule has 1 aliphatic carbocycles. The molecule has 3 rings (SSSR count). The highest BCUT2D eigenvalue weighted by molar-refractivity contribution is 5.90. The van der Waals surface area contributed by atoms with Crippen LogP contribution in [-0.4, -0.2) is 45.8 Å². The van der Waals surface area contributed by atoms with Crippen LogP contribution in [0, 0.1) is 12.8 Å². The molecule has 1 aliphatic heterocycles. The number of carbonyl (C=O) groups excluding carboxylic acids is 2. The summed E-state index contributed by atoms with van der Waals surface area (Å²) in [6.45, 7) is 7.32. The van der Waals surface area contributed by atoms with E-state index < -0.39 is 0 Å². The Hall–Kier alpha value is -2.05. The number of hydrogen-bond acceptors (Lipinski definition) is 3. The Kier molecular flexibility index (Phi) is 4.28. The van der Waals surface area contributed by atoms with E-state index in [-0.39, 0.29) is 23.9 Å². The van der Waals surface area contributed by atoms with Crippen LogP contribution < -0.4 is 10.6 Å². The van der Waals surface area contributed by atoms with Crippen molar-refractivity contribution in [3.05, 3.63) is 11.9 Å². The number of amides is 3. The number of likely N-dealkylation sites (tertiary alicyclic amines) is 1. The number of hydrogen-bond donors (Lipinski definition) is 2. The van der Waals surface area contributed by atoms with E-state index in [9.17, 15) is 9.59 Å². The molecule has 1 saturated carbocycles. The van der Waals surface area contributed by atoms with E-state index in [0.717, 1.165) is 30.6 Å². The Morgan fingerprint density at radius 3 is 2.70 bits per heavy atom. The quantitative estimate of drug-likeness (QED) is 0.870. The fourth-order valence-electron chi connectivity index (χ4n) is 2.76. The zero-order valence-electron chi connectivity index (χ0n) is 14.0. The average Bonchev–Trinajstić information content (AvgIpc) is 3.28. The first-order valence-corrected chi connectivity index (χ1v) is 8.40. The van der Waals surface area contributed by atoms with E-state index in [2.05, 4.69) is 29.6 Å². The highest BCUT2D eigenvalue weighted by Gasteiger charge is 2.36. The van der Waals surface area contributed by atoms with Crippen LogP contribution in [0.15, 0.2) is 6.20 Å². The molecule has 2 N–H and O–H groups in total. The lowest BCUT2D eigenvalue weighted by Crippen LogP contribution is -2.62. The summed E-state index contributed by atoms with van der Waals surface area (Å²) >= 11 is 0. The predicted octanol–water partition coefficient (Wildman–Crippen LogP) is 1.90. The highest BCUT2D eigenvalue weighted by Crippen LogP contribution is 2.29. The molecule has 23 heavy (non-hydrogen) atoms. The van der Waals surface area contributed by atoms with Gasteiger partial charge in [-0.2, -0.15) is 5.10 Å². The Morgan fingerprint density at radius 1 is 1.39 bits per heavy atom. The van der Waals surface area contributed by atoms with Gasteiger partial charge in [0.05, 0.1) is 23.6 Å². The van der Waals surface area contributed by atoms with E-state index in [1.165, 1.54) is 0 Å². The molecule has 2 heterocycles. The maximum Gasteiger partial charge on any atom is 0.322 e. The first kappa shape index (κ1) is 15.8. The van der Waals surface area contributed by atoms with Crippen LogP contribution in [0.5, 0.6) is 0 Å². The van der Waals surface area contributed by atoms with Crippen LogP contribution >= 0.6 is 0 Å². The molecule has 1 aromatic rings. The molecular formula is C16H25N5O2. The number of aromatic nitrogens is 2. The zero-order valence-corrected chi connectivity index (χ0v) is 14.0. The lowest BCUT2D eigenvalue weighted by molar-refractivity contribution is -0.123. The van der Waals surface area contributed by atoms with E-state index in [0.29, 0.717) is 19.1 Å². The minimum atomic E-state index is -0.131. The van der Waals surface area contributed by atoms with Crippen LogP contribution in [0.1, 0.15) is 44.8 Å². The van der Waals surface area contributed by atoms with Crippen molar-refractivity contribution in [1.82, 2.24) is 20.0 Å². The Morgan fingerprint density at radius 2 is 2.09 bits per heavy atom. The van der Waals surface area contributed by atoms with Gasteiger partial charge in [0.1, 0.15) is 0 Å². The molecule has 7 heteroatoms. The van der Waals surface area contributed by atoms with Crippen molar-refractivity contribution < 1.29 is 9.59 Å². The summed E-state index contributed by atoms with van der Waals surface area (Å²) in [7, 11) is 0. The average molecular weight is 319 g/mol. The normalized spacial score (nSPS) is 19.2. The summed E-state index contributed by atoms with van der Waals surface area (Å²) in [6, 6.07) is 0.276. The van der Waals surface area contributed by atoms with Gasteiger partial charge in [-0.1, -0.05) is 6.92 Å². The number of rotatable bonds is 5. The second kappa shape index (κ2) is 6.22. The molecule has 0 aromatic carbocycles. The number of anilines is 1. The molecule has 1 atom stereocenters. The summed E-state index contributed by atoms with van der Waals surface area (Å²) in [5.74, 6) is 0.354. The van der Waals surface area contributed by atoms with Crippen molar-refractivity contribution in [2.75, 3.05) is 18.4 Å². The molecule has 0 spiro atoms. The number of urea groups is 1. The molecule has 126 valence electrons. The lowest BCUT2D eigenvalue weighted by Gasteiger charge is -2.39. The third-order valence-corrected chi connectivity index (χ3v) is 4.76. The SMILES string of the molecule is CCC(C)n1ncc(NC(=O)N2CC(NC(=O)C3CC3)C2)c1C. The maximum atomic E-state index is 12.2. The summed E-state index contributed by atoms with van der Waals surface area (Å²) in [6.07, 6.45) is 4.69. The molecule has 1 saturated heterocycles. The van der Waals surface area contributed by atoms with Gasteiger partial charge in [-0.3, -0.25) is 9.48 Å². The second-order valence-electron chi connectivity index (χ2n) is 6.66. The number of carbonyl (C=O) groups is 2. The molecular weight excluding hydrogens is 294 g/mol. The molecule has 7 nitrogen and oxygen atoms in total. The smallest absolute Gasteiger partial charge is 0.322 e. The van der Waals surface area contributed by atoms with Gasteiger partial charge in [-0.15, -0.1) is 0 Å². The van der Waals surface area contributed by atoms with Crippen LogP contribution in [0.4, 0.5) is 10.5 Å². The highest BCUT2D eigenvalue weighted by atomic mass is 16.2.